The maximum atomic E-state index is 13.5. The Bertz CT molecular complexity index is 1650. The predicted molar refractivity (Wildman–Crippen MR) is 181 cm³/mol. The topological polar surface area (TPSA) is 88.2 Å². The lowest BCUT2D eigenvalue weighted by atomic mass is 9.63. The van der Waals surface area contributed by atoms with Crippen LogP contribution in [-0.2, 0) is 26.6 Å². The molecule has 2 aromatic carbocycles. The second kappa shape index (κ2) is 12.1. The molecule has 3 aliphatic heterocycles. The molecule has 7 rings (SSSR count). The highest BCUT2D eigenvalue weighted by Gasteiger charge is 2.50. The van der Waals surface area contributed by atoms with Crippen molar-refractivity contribution in [1.82, 2.24) is 9.62 Å². The van der Waals surface area contributed by atoms with Crippen LogP contribution in [0.1, 0.15) is 67.4 Å². The summed E-state index contributed by atoms with van der Waals surface area (Å²) in [5, 5.41) is -0.00202. The highest BCUT2D eigenvalue weighted by atomic mass is 35.5. The summed E-state index contributed by atoms with van der Waals surface area (Å²) in [6.45, 7) is 8.04. The van der Waals surface area contributed by atoms with E-state index in [2.05, 4.69) is 45.9 Å². The number of ether oxygens (including phenoxy) is 2. The number of anilines is 1. The molecule has 2 fully saturated rings. The van der Waals surface area contributed by atoms with Crippen LogP contribution in [-0.4, -0.2) is 76.5 Å². The van der Waals surface area contributed by atoms with E-state index in [4.69, 9.17) is 21.1 Å². The van der Waals surface area contributed by atoms with E-state index in [1.807, 2.05) is 25.1 Å². The van der Waals surface area contributed by atoms with E-state index in [-0.39, 0.29) is 11.3 Å². The van der Waals surface area contributed by atoms with Crippen LogP contribution in [0.25, 0.3) is 0 Å². The summed E-state index contributed by atoms with van der Waals surface area (Å²) in [5.41, 5.74) is 3.05. The number of morpholine rings is 1. The first-order valence-corrected chi connectivity index (χ1v) is 18.8. The van der Waals surface area contributed by atoms with E-state index >= 15 is 0 Å². The lowest BCUT2D eigenvalue weighted by molar-refractivity contribution is -0.139. The number of sulfonamides is 1. The smallest absolute Gasteiger partial charge is 0.264 e. The minimum atomic E-state index is -3.92. The van der Waals surface area contributed by atoms with Crippen LogP contribution in [0.2, 0.25) is 5.02 Å². The molecule has 10 heteroatoms. The first-order chi connectivity index (χ1) is 22.0. The van der Waals surface area contributed by atoms with Gasteiger partial charge in [0.1, 0.15) is 11.4 Å². The summed E-state index contributed by atoms with van der Waals surface area (Å²) in [5.74, 6) is 0.628. The molecule has 248 valence electrons. The van der Waals surface area contributed by atoms with Crippen molar-refractivity contribution in [2.24, 2.45) is 17.8 Å². The molecule has 1 N–H and O–H groups in total. The molecule has 5 aliphatic rings. The molecule has 0 unspecified atom stereocenters. The summed E-state index contributed by atoms with van der Waals surface area (Å²) in [6.07, 6.45) is 10.1. The Labute approximate surface area is 278 Å². The predicted octanol–water partition coefficient (Wildman–Crippen LogP) is 5.58. The van der Waals surface area contributed by atoms with Crippen molar-refractivity contribution < 1.29 is 22.7 Å². The molecular formula is C36H46ClN3O5S. The lowest BCUT2D eigenvalue weighted by Crippen LogP contribution is -2.59. The molecule has 46 heavy (non-hydrogen) atoms. The van der Waals surface area contributed by atoms with Gasteiger partial charge in [-0.05, 0) is 112 Å². The molecule has 6 atom stereocenters. The van der Waals surface area contributed by atoms with E-state index in [9.17, 15) is 13.2 Å². The third-order valence-electron chi connectivity index (χ3n) is 11.6. The molecule has 0 radical (unpaired) electrons. The molecule has 2 aromatic rings. The van der Waals surface area contributed by atoms with Gasteiger partial charge in [0.05, 0.1) is 24.2 Å². The highest BCUT2D eigenvalue weighted by molar-refractivity contribution is 7.90. The third kappa shape index (κ3) is 5.75. The molecule has 2 aliphatic carbocycles. The molecule has 0 aromatic heterocycles. The molecule has 8 nitrogen and oxygen atoms in total. The van der Waals surface area contributed by atoms with Gasteiger partial charge in [0, 0.05) is 42.2 Å². The van der Waals surface area contributed by atoms with Crippen molar-refractivity contribution in [2.75, 3.05) is 51.3 Å². The van der Waals surface area contributed by atoms with Crippen molar-refractivity contribution in [3.63, 3.8) is 0 Å². The minimum Gasteiger partial charge on any atom is -0.490 e. The zero-order valence-electron chi connectivity index (χ0n) is 27.1. The standard InChI is InChI=1S/C36H46ClN3O5S/c1-24-6-4-15-36(22-39(3)16-17-45-36)31-11-8-28(31)20-40-21-35(14-5-7-26-18-29(37)10-12-30(26)35)23-44-33-13-9-27(19-32(33)40)34(41)38-46(42,43)25(24)2/h4,9-10,12-13,15,18-19,24-25,28,31H,5-8,11,14,16-17,20-23H2,1-3H3,(H,38,41)/b15-4+/t24-,25+,28-,31+,35-,36+/m0/s1. The van der Waals surface area contributed by atoms with Crippen LogP contribution >= 0.6 is 11.6 Å². The Morgan fingerprint density at radius 2 is 1.93 bits per heavy atom. The maximum Gasteiger partial charge on any atom is 0.264 e. The minimum absolute atomic E-state index is 0.189. The number of hydrogen-bond donors (Lipinski definition) is 1. The van der Waals surface area contributed by atoms with Crippen LogP contribution in [0.3, 0.4) is 0 Å². The maximum absolute atomic E-state index is 13.5. The number of likely N-dealkylation sites (N-methyl/N-ethyl adjacent to an activating group) is 1. The summed E-state index contributed by atoms with van der Waals surface area (Å²) >= 11 is 6.45. The summed E-state index contributed by atoms with van der Waals surface area (Å²) in [7, 11) is -1.76. The van der Waals surface area contributed by atoms with Gasteiger partial charge in [-0.15, -0.1) is 0 Å². The number of allylic oxidation sites excluding steroid dienone is 1. The SMILES string of the molecule is C[C@@H]1[C@@H](C)C/C=C/[C@@]2(CN(C)CCO2)[C@@H]2CC[C@H]2CN2C[C@@]3(CCCc4cc(Cl)ccc43)COc3ccc(cc32)C(=O)NS1(=O)=O. The van der Waals surface area contributed by atoms with Gasteiger partial charge >= 0.3 is 0 Å². The fourth-order valence-corrected chi connectivity index (χ4v) is 10.1. The molecule has 2 spiro atoms. The van der Waals surface area contributed by atoms with Gasteiger partial charge in [-0.2, -0.15) is 0 Å². The van der Waals surface area contributed by atoms with Crippen LogP contribution in [0.5, 0.6) is 5.75 Å². The number of nitrogens with one attached hydrogen (secondary N) is 1. The van der Waals surface area contributed by atoms with Gasteiger partial charge in [-0.3, -0.25) is 4.79 Å². The normalized spacial score (nSPS) is 35.2. The van der Waals surface area contributed by atoms with Gasteiger partial charge in [0.15, 0.2) is 0 Å². The summed E-state index contributed by atoms with van der Waals surface area (Å²) in [4.78, 5) is 18.3. The number of aryl methyl sites for hydroxylation is 1. The largest absolute Gasteiger partial charge is 0.490 e. The van der Waals surface area contributed by atoms with E-state index < -0.39 is 26.8 Å². The molecule has 2 bridgehead atoms. The van der Waals surface area contributed by atoms with Crippen molar-refractivity contribution in [1.29, 1.82) is 0 Å². The van der Waals surface area contributed by atoms with E-state index in [1.54, 1.807) is 13.0 Å². The van der Waals surface area contributed by atoms with Crippen LogP contribution < -0.4 is 14.4 Å². The number of hydrogen-bond acceptors (Lipinski definition) is 7. The van der Waals surface area contributed by atoms with Gasteiger partial charge < -0.3 is 19.3 Å². The first-order valence-electron chi connectivity index (χ1n) is 16.9. The number of halogens is 1. The van der Waals surface area contributed by atoms with E-state index in [0.717, 1.165) is 74.7 Å². The number of carbonyl (C=O) groups excluding carboxylic acids is 1. The Hall–Kier alpha value is -2.59. The number of nitrogens with zero attached hydrogens (tertiary/aromatic N) is 2. The van der Waals surface area contributed by atoms with E-state index in [0.29, 0.717) is 37.0 Å². The highest BCUT2D eigenvalue weighted by Crippen LogP contribution is 2.49. The van der Waals surface area contributed by atoms with Crippen LogP contribution in [0.15, 0.2) is 48.6 Å². The number of benzene rings is 2. The Balaban J connectivity index is 1.33. The van der Waals surface area contributed by atoms with Gasteiger partial charge in [0.2, 0.25) is 10.0 Å². The van der Waals surface area contributed by atoms with Crippen molar-refractivity contribution in [3.8, 4) is 5.75 Å². The van der Waals surface area contributed by atoms with Gasteiger partial charge in [-0.1, -0.05) is 36.7 Å². The van der Waals surface area contributed by atoms with Crippen molar-refractivity contribution in [2.45, 2.75) is 68.6 Å². The van der Waals surface area contributed by atoms with Crippen molar-refractivity contribution in [3.05, 3.63) is 70.3 Å². The summed E-state index contributed by atoms with van der Waals surface area (Å²) < 4.78 is 42.6. The molecule has 1 amide bonds. The van der Waals surface area contributed by atoms with Crippen molar-refractivity contribution >= 4 is 33.2 Å². The fourth-order valence-electron chi connectivity index (χ4n) is 8.62. The molecule has 3 heterocycles. The fraction of sp³-hybridized carbons (Fsp3) is 0.583. The zero-order chi connectivity index (χ0) is 32.3. The van der Waals surface area contributed by atoms with Gasteiger partial charge in [-0.25, -0.2) is 13.1 Å². The zero-order valence-corrected chi connectivity index (χ0v) is 28.7. The Morgan fingerprint density at radius 1 is 1.09 bits per heavy atom. The second-order valence-corrected chi connectivity index (χ2v) is 17.0. The number of amides is 1. The quantitative estimate of drug-likeness (QED) is 0.367. The number of fused-ring (bicyclic) bond motifs is 5. The van der Waals surface area contributed by atoms with Gasteiger partial charge in [0.25, 0.3) is 5.91 Å². The average molecular weight is 668 g/mol. The number of carbonyl (C=O) groups is 1. The van der Waals surface area contributed by atoms with Crippen LogP contribution in [0.4, 0.5) is 5.69 Å². The first kappa shape index (κ1) is 32.0. The molecule has 1 saturated heterocycles. The number of rotatable bonds is 0. The molecule has 1 saturated carbocycles. The average Bonchev–Trinajstić information content (AvgIpc) is 3.15. The Kier molecular flexibility index (Phi) is 8.44. The lowest BCUT2D eigenvalue weighted by Gasteiger charge is -2.53. The second-order valence-electron chi connectivity index (χ2n) is 14.6. The molecular weight excluding hydrogens is 622 g/mol. The Morgan fingerprint density at radius 3 is 2.72 bits per heavy atom. The van der Waals surface area contributed by atoms with E-state index in [1.165, 1.54) is 11.1 Å². The van der Waals surface area contributed by atoms with Crippen LogP contribution in [0, 0.1) is 17.8 Å². The summed E-state index contributed by atoms with van der Waals surface area (Å²) in [6, 6.07) is 11.6. The monoisotopic (exact) mass is 667 g/mol. The third-order valence-corrected chi connectivity index (χ3v) is 13.7.